The minimum Gasteiger partial charge on any atom is -0.457 e. The van der Waals surface area contributed by atoms with Gasteiger partial charge in [0.2, 0.25) is 0 Å². The molecular formula is C23H18F3N5O2. The molecule has 0 atom stereocenters. The third-order valence-electron chi connectivity index (χ3n) is 4.56. The lowest BCUT2D eigenvalue weighted by Gasteiger charge is -2.11. The number of carbonyl (C=O) groups is 1. The molecule has 0 radical (unpaired) electrons. The molecule has 33 heavy (non-hydrogen) atoms. The number of carbonyl (C=O) groups excluding carboxylic acids is 1. The Labute approximate surface area is 186 Å². The van der Waals surface area contributed by atoms with Crippen LogP contribution in [-0.2, 0) is 13.6 Å². The molecule has 4 aromatic rings. The Morgan fingerprint density at radius 3 is 2.48 bits per heavy atom. The molecule has 10 heteroatoms. The lowest BCUT2D eigenvalue weighted by molar-refractivity contribution is 0.0946. The van der Waals surface area contributed by atoms with E-state index in [1.165, 1.54) is 24.4 Å². The number of hydrogen-bond acceptors (Lipinski definition) is 5. The number of hydrogen-bond donors (Lipinski definition) is 2. The van der Waals surface area contributed by atoms with Gasteiger partial charge in [-0.05, 0) is 42.0 Å². The third kappa shape index (κ3) is 5.48. The first kappa shape index (κ1) is 21.9. The lowest BCUT2D eigenvalue weighted by Crippen LogP contribution is -2.24. The molecule has 2 heterocycles. The van der Waals surface area contributed by atoms with E-state index in [0.717, 1.165) is 18.2 Å². The van der Waals surface area contributed by atoms with Crippen LogP contribution in [0, 0.1) is 17.5 Å². The predicted octanol–water partition coefficient (Wildman–Crippen LogP) is 4.70. The highest BCUT2D eigenvalue weighted by atomic mass is 19.2. The summed E-state index contributed by atoms with van der Waals surface area (Å²) in [5.41, 5.74) is 0.0794. The third-order valence-corrected chi connectivity index (χ3v) is 4.56. The Bertz CT molecular complexity index is 1310. The highest BCUT2D eigenvalue weighted by Crippen LogP contribution is 2.26. The Morgan fingerprint density at radius 2 is 1.73 bits per heavy atom. The molecule has 2 N–H and O–H groups in total. The van der Waals surface area contributed by atoms with E-state index in [1.807, 2.05) is 0 Å². The number of rotatable bonds is 7. The molecule has 0 aliphatic rings. The van der Waals surface area contributed by atoms with Crippen LogP contribution in [0.25, 0.3) is 0 Å². The van der Waals surface area contributed by atoms with Gasteiger partial charge in [-0.1, -0.05) is 6.07 Å². The number of nitrogens with one attached hydrogen (secondary N) is 2. The van der Waals surface area contributed by atoms with Crippen molar-refractivity contribution < 1.29 is 22.7 Å². The number of aryl methyl sites for hydroxylation is 1. The Balaban J connectivity index is 1.45. The van der Waals surface area contributed by atoms with Crippen molar-refractivity contribution in [1.29, 1.82) is 0 Å². The molecule has 2 aromatic heterocycles. The second-order valence-electron chi connectivity index (χ2n) is 7.05. The van der Waals surface area contributed by atoms with Gasteiger partial charge in [0.15, 0.2) is 17.5 Å². The van der Waals surface area contributed by atoms with Crippen LogP contribution in [0.3, 0.4) is 0 Å². The summed E-state index contributed by atoms with van der Waals surface area (Å²) in [7, 11) is 1.79. The Kier molecular flexibility index (Phi) is 6.25. The molecule has 0 aliphatic heterocycles. The van der Waals surface area contributed by atoms with E-state index in [1.54, 1.807) is 36.1 Å². The van der Waals surface area contributed by atoms with Gasteiger partial charge in [0.1, 0.15) is 23.1 Å². The topological polar surface area (TPSA) is 81.1 Å². The van der Waals surface area contributed by atoms with Crippen LogP contribution in [0.5, 0.6) is 11.5 Å². The van der Waals surface area contributed by atoms with Gasteiger partial charge < -0.3 is 15.4 Å². The number of aromatic nitrogens is 3. The number of pyridine rings is 1. The summed E-state index contributed by atoms with van der Waals surface area (Å²) in [6.45, 7) is -0.104. The molecule has 2 aromatic carbocycles. The maximum atomic E-state index is 14.3. The molecule has 0 bridgehead atoms. The highest BCUT2D eigenvalue weighted by molar-refractivity contribution is 5.94. The zero-order valence-corrected chi connectivity index (χ0v) is 17.3. The average Bonchev–Trinajstić information content (AvgIpc) is 3.20. The molecule has 1 amide bonds. The quantitative estimate of drug-likeness (QED) is 0.424. The predicted molar refractivity (Wildman–Crippen MR) is 115 cm³/mol. The van der Waals surface area contributed by atoms with Gasteiger partial charge in [0.05, 0.1) is 5.56 Å². The zero-order valence-electron chi connectivity index (χ0n) is 17.3. The van der Waals surface area contributed by atoms with Crippen LogP contribution in [0.15, 0.2) is 67.0 Å². The Morgan fingerprint density at radius 1 is 0.939 bits per heavy atom. The summed E-state index contributed by atoms with van der Waals surface area (Å²) in [6.07, 6.45) is 3.31. The summed E-state index contributed by atoms with van der Waals surface area (Å²) < 4.78 is 48.0. The molecular weight excluding hydrogens is 435 g/mol. The molecule has 0 saturated carbocycles. The zero-order chi connectivity index (χ0) is 23.4. The SMILES string of the molecule is Cn1ccc(Nc2cc(Oc3ccc(F)c(C(=O)NCc4ccc(F)c(F)c4)c3)ccn2)n1. The van der Waals surface area contributed by atoms with E-state index in [9.17, 15) is 18.0 Å². The minimum absolute atomic E-state index is 0.104. The number of nitrogens with zero attached hydrogens (tertiary/aromatic N) is 3. The van der Waals surface area contributed by atoms with Gasteiger partial charge in [0.25, 0.3) is 5.91 Å². The number of amides is 1. The second-order valence-corrected chi connectivity index (χ2v) is 7.05. The summed E-state index contributed by atoms with van der Waals surface area (Å²) >= 11 is 0. The summed E-state index contributed by atoms with van der Waals surface area (Å²) in [5.74, 6) is -1.78. The number of benzene rings is 2. The van der Waals surface area contributed by atoms with E-state index in [0.29, 0.717) is 22.9 Å². The van der Waals surface area contributed by atoms with Crippen molar-refractivity contribution in [3.8, 4) is 11.5 Å². The molecule has 4 rings (SSSR count). The van der Waals surface area contributed by atoms with Crippen molar-refractivity contribution in [3.63, 3.8) is 0 Å². The molecule has 7 nitrogen and oxygen atoms in total. The first-order valence-electron chi connectivity index (χ1n) is 9.79. The van der Waals surface area contributed by atoms with E-state index in [2.05, 4.69) is 20.7 Å². The fourth-order valence-corrected chi connectivity index (χ4v) is 2.96. The number of ether oxygens (including phenoxy) is 1. The molecule has 0 aliphatic carbocycles. The molecule has 0 saturated heterocycles. The van der Waals surface area contributed by atoms with E-state index in [4.69, 9.17) is 4.74 Å². The van der Waals surface area contributed by atoms with E-state index >= 15 is 0 Å². The average molecular weight is 453 g/mol. The lowest BCUT2D eigenvalue weighted by atomic mass is 10.1. The van der Waals surface area contributed by atoms with Crippen molar-refractivity contribution in [3.05, 3.63) is 95.6 Å². The monoisotopic (exact) mass is 453 g/mol. The Hall–Kier alpha value is -4.34. The smallest absolute Gasteiger partial charge is 0.254 e. The van der Waals surface area contributed by atoms with Crippen LogP contribution >= 0.6 is 0 Å². The van der Waals surface area contributed by atoms with Crippen LogP contribution in [-0.4, -0.2) is 20.7 Å². The van der Waals surface area contributed by atoms with Gasteiger partial charge in [-0.25, -0.2) is 18.2 Å². The molecule has 0 spiro atoms. The van der Waals surface area contributed by atoms with Crippen LogP contribution < -0.4 is 15.4 Å². The van der Waals surface area contributed by atoms with Crippen LogP contribution in [0.2, 0.25) is 0 Å². The fourth-order valence-electron chi connectivity index (χ4n) is 2.96. The van der Waals surface area contributed by atoms with Crippen molar-refractivity contribution in [2.45, 2.75) is 6.54 Å². The minimum atomic E-state index is -1.03. The van der Waals surface area contributed by atoms with Crippen molar-refractivity contribution in [2.75, 3.05) is 5.32 Å². The normalized spacial score (nSPS) is 10.7. The van der Waals surface area contributed by atoms with Gasteiger partial charge in [-0.3, -0.25) is 9.48 Å². The van der Waals surface area contributed by atoms with E-state index in [-0.39, 0.29) is 17.9 Å². The number of anilines is 2. The standard InChI is InChI=1S/C23H18F3N5O2/c1-31-9-7-21(30-31)29-22-12-16(6-8-27-22)33-15-3-5-18(24)17(11-15)23(32)28-13-14-2-4-19(25)20(26)10-14/h2-12H,13H2,1H3,(H,28,32)(H,27,29,30). The van der Waals surface area contributed by atoms with Crippen molar-refractivity contribution in [1.82, 2.24) is 20.1 Å². The highest BCUT2D eigenvalue weighted by Gasteiger charge is 2.14. The van der Waals surface area contributed by atoms with Gasteiger partial charge in [0, 0.05) is 38.1 Å². The summed E-state index contributed by atoms with van der Waals surface area (Å²) in [6, 6.07) is 12.0. The summed E-state index contributed by atoms with van der Waals surface area (Å²) in [5, 5.41) is 9.72. The van der Waals surface area contributed by atoms with Gasteiger partial charge in [-0.2, -0.15) is 5.10 Å². The first-order chi connectivity index (χ1) is 15.9. The maximum absolute atomic E-state index is 14.3. The van der Waals surface area contributed by atoms with E-state index < -0.39 is 23.4 Å². The van der Waals surface area contributed by atoms with Crippen molar-refractivity contribution >= 4 is 17.5 Å². The number of halogens is 3. The summed E-state index contributed by atoms with van der Waals surface area (Å²) in [4.78, 5) is 16.6. The van der Waals surface area contributed by atoms with Crippen LogP contribution in [0.4, 0.5) is 24.8 Å². The molecule has 168 valence electrons. The largest absolute Gasteiger partial charge is 0.457 e. The maximum Gasteiger partial charge on any atom is 0.254 e. The molecule has 0 fully saturated rings. The second kappa shape index (κ2) is 9.43. The fraction of sp³-hybridized carbons (Fsp3) is 0.0870. The van der Waals surface area contributed by atoms with Gasteiger partial charge >= 0.3 is 0 Å². The first-order valence-corrected chi connectivity index (χ1v) is 9.79. The van der Waals surface area contributed by atoms with Crippen molar-refractivity contribution in [2.24, 2.45) is 7.05 Å². The molecule has 0 unspecified atom stereocenters. The van der Waals surface area contributed by atoms with Gasteiger partial charge in [-0.15, -0.1) is 0 Å². The van der Waals surface area contributed by atoms with Crippen LogP contribution in [0.1, 0.15) is 15.9 Å².